The second-order valence-corrected chi connectivity index (χ2v) is 5.61. The highest BCUT2D eigenvalue weighted by molar-refractivity contribution is 5.95. The molecule has 0 radical (unpaired) electrons. The fourth-order valence-electron chi connectivity index (χ4n) is 2.60. The van der Waals surface area contributed by atoms with Crippen molar-refractivity contribution in [1.82, 2.24) is 5.32 Å². The van der Waals surface area contributed by atoms with Gasteiger partial charge in [-0.3, -0.25) is 9.59 Å². The molecule has 136 valence electrons. The van der Waals surface area contributed by atoms with E-state index in [0.717, 1.165) is 11.1 Å². The Morgan fingerprint density at radius 3 is 2.54 bits per heavy atom. The van der Waals surface area contributed by atoms with Gasteiger partial charge in [-0.25, -0.2) is 0 Å². The number of primary amides is 1. The predicted octanol–water partition coefficient (Wildman–Crippen LogP) is 2.46. The van der Waals surface area contributed by atoms with E-state index in [2.05, 4.69) is 11.9 Å². The number of carbonyl (C=O) groups is 2. The molecular formula is C20H22N2O4. The molecule has 0 aromatic heterocycles. The van der Waals surface area contributed by atoms with Crippen molar-refractivity contribution in [3.8, 4) is 11.5 Å². The molecule has 0 bridgehead atoms. The minimum absolute atomic E-state index is 0.263. The lowest BCUT2D eigenvalue weighted by Gasteiger charge is -2.14. The van der Waals surface area contributed by atoms with Crippen LogP contribution in [0.5, 0.6) is 11.5 Å². The number of allylic oxidation sites excluding steroid dienone is 1. The average Bonchev–Trinajstić information content (AvgIpc) is 2.65. The fourth-order valence-corrected chi connectivity index (χ4v) is 2.60. The normalized spacial score (nSPS) is 10.1. The van der Waals surface area contributed by atoms with Crippen molar-refractivity contribution in [2.45, 2.75) is 13.0 Å². The highest BCUT2D eigenvalue weighted by Crippen LogP contribution is 2.33. The first-order valence-electron chi connectivity index (χ1n) is 8.02. The third-order valence-corrected chi connectivity index (χ3v) is 3.85. The standard InChI is InChI=1S/C20H22N2O4/c1-4-6-14-10-16(11-17(25-2)18(14)26-3)20(24)22-12-13-7-5-8-15(9-13)19(21)23/h4-5,7-11H,1,6,12H2,2-3H3,(H2,21,23)(H,22,24). The maximum atomic E-state index is 12.5. The van der Waals surface area contributed by atoms with Gasteiger partial charge in [0.2, 0.25) is 5.91 Å². The van der Waals surface area contributed by atoms with Crippen LogP contribution in [0.15, 0.2) is 49.1 Å². The number of methoxy groups -OCH3 is 2. The Bertz CT molecular complexity index is 831. The van der Waals surface area contributed by atoms with Gasteiger partial charge < -0.3 is 20.5 Å². The third-order valence-electron chi connectivity index (χ3n) is 3.85. The molecule has 0 spiro atoms. The summed E-state index contributed by atoms with van der Waals surface area (Å²) < 4.78 is 10.7. The second kappa shape index (κ2) is 8.71. The van der Waals surface area contributed by atoms with Crippen molar-refractivity contribution in [1.29, 1.82) is 0 Å². The Morgan fingerprint density at radius 2 is 1.92 bits per heavy atom. The molecule has 6 nitrogen and oxygen atoms in total. The molecule has 0 atom stereocenters. The van der Waals surface area contributed by atoms with Crippen LogP contribution in [0, 0.1) is 0 Å². The summed E-state index contributed by atoms with van der Waals surface area (Å²) in [6.07, 6.45) is 2.27. The van der Waals surface area contributed by atoms with Crippen molar-refractivity contribution < 1.29 is 19.1 Å². The Balaban J connectivity index is 2.21. The van der Waals surface area contributed by atoms with Crippen LogP contribution in [0.1, 0.15) is 31.8 Å². The maximum Gasteiger partial charge on any atom is 0.251 e. The van der Waals surface area contributed by atoms with Crippen LogP contribution in [0.25, 0.3) is 0 Å². The first-order valence-corrected chi connectivity index (χ1v) is 8.02. The van der Waals surface area contributed by atoms with E-state index >= 15 is 0 Å². The molecule has 0 unspecified atom stereocenters. The van der Waals surface area contributed by atoms with E-state index in [1.54, 1.807) is 43.5 Å². The van der Waals surface area contributed by atoms with Gasteiger partial charge in [0.05, 0.1) is 14.2 Å². The van der Waals surface area contributed by atoms with Gasteiger partial charge in [-0.1, -0.05) is 18.2 Å². The highest BCUT2D eigenvalue weighted by atomic mass is 16.5. The average molecular weight is 354 g/mol. The van der Waals surface area contributed by atoms with Gasteiger partial charge in [0, 0.05) is 23.2 Å². The van der Waals surface area contributed by atoms with Crippen LogP contribution in [-0.4, -0.2) is 26.0 Å². The molecule has 2 amide bonds. The van der Waals surface area contributed by atoms with Gasteiger partial charge in [-0.15, -0.1) is 6.58 Å². The van der Waals surface area contributed by atoms with Crippen molar-refractivity contribution in [3.63, 3.8) is 0 Å². The summed E-state index contributed by atoms with van der Waals surface area (Å²) >= 11 is 0. The Morgan fingerprint density at radius 1 is 1.15 bits per heavy atom. The number of benzene rings is 2. The van der Waals surface area contributed by atoms with Crippen molar-refractivity contribution in [3.05, 3.63) is 71.3 Å². The largest absolute Gasteiger partial charge is 0.493 e. The molecule has 3 N–H and O–H groups in total. The molecule has 0 aliphatic carbocycles. The van der Waals surface area contributed by atoms with Gasteiger partial charge in [0.15, 0.2) is 11.5 Å². The van der Waals surface area contributed by atoms with E-state index in [0.29, 0.717) is 29.0 Å². The molecule has 0 aliphatic rings. The molecule has 26 heavy (non-hydrogen) atoms. The number of carbonyl (C=O) groups excluding carboxylic acids is 2. The summed E-state index contributed by atoms with van der Waals surface area (Å²) in [5.74, 6) is 0.290. The van der Waals surface area contributed by atoms with Crippen molar-refractivity contribution in [2.24, 2.45) is 5.73 Å². The van der Waals surface area contributed by atoms with Gasteiger partial charge in [0.1, 0.15) is 0 Å². The first-order chi connectivity index (χ1) is 12.5. The lowest BCUT2D eigenvalue weighted by Crippen LogP contribution is -2.23. The molecule has 0 saturated heterocycles. The van der Waals surface area contributed by atoms with Gasteiger partial charge in [0.25, 0.3) is 5.91 Å². The van der Waals surface area contributed by atoms with Crippen molar-refractivity contribution in [2.75, 3.05) is 14.2 Å². The summed E-state index contributed by atoms with van der Waals surface area (Å²) in [6.45, 7) is 3.99. The van der Waals surface area contributed by atoms with Crippen LogP contribution in [0.4, 0.5) is 0 Å². The number of ether oxygens (including phenoxy) is 2. The van der Waals surface area contributed by atoms with Crippen LogP contribution < -0.4 is 20.5 Å². The second-order valence-electron chi connectivity index (χ2n) is 5.61. The van der Waals surface area contributed by atoms with Gasteiger partial charge >= 0.3 is 0 Å². The zero-order valence-corrected chi connectivity index (χ0v) is 14.9. The molecule has 0 aliphatic heterocycles. The topological polar surface area (TPSA) is 90.7 Å². The van der Waals surface area contributed by atoms with E-state index < -0.39 is 5.91 Å². The highest BCUT2D eigenvalue weighted by Gasteiger charge is 2.15. The van der Waals surface area contributed by atoms with Crippen LogP contribution in [-0.2, 0) is 13.0 Å². The maximum absolute atomic E-state index is 12.5. The molecule has 0 heterocycles. The molecule has 0 saturated carbocycles. The number of amides is 2. The summed E-state index contributed by atoms with van der Waals surface area (Å²) in [5, 5.41) is 2.83. The molecule has 6 heteroatoms. The van der Waals surface area contributed by atoms with Gasteiger partial charge in [-0.2, -0.15) is 0 Å². The minimum Gasteiger partial charge on any atom is -0.493 e. The fraction of sp³-hybridized carbons (Fsp3) is 0.200. The minimum atomic E-state index is -0.507. The van der Waals surface area contributed by atoms with E-state index in [4.69, 9.17) is 15.2 Å². The van der Waals surface area contributed by atoms with E-state index in [-0.39, 0.29) is 12.5 Å². The molecule has 2 aromatic carbocycles. The van der Waals surface area contributed by atoms with E-state index in [1.807, 2.05) is 6.07 Å². The molecule has 0 fully saturated rings. The van der Waals surface area contributed by atoms with Crippen LogP contribution in [0.3, 0.4) is 0 Å². The molecule has 2 rings (SSSR count). The van der Waals surface area contributed by atoms with Crippen LogP contribution >= 0.6 is 0 Å². The third kappa shape index (κ3) is 4.42. The molecule has 2 aromatic rings. The zero-order chi connectivity index (χ0) is 19.1. The number of hydrogen-bond donors (Lipinski definition) is 2. The zero-order valence-electron chi connectivity index (χ0n) is 14.9. The summed E-state index contributed by atoms with van der Waals surface area (Å²) in [4.78, 5) is 23.8. The monoisotopic (exact) mass is 354 g/mol. The van der Waals surface area contributed by atoms with Crippen LogP contribution in [0.2, 0.25) is 0 Å². The quantitative estimate of drug-likeness (QED) is 0.713. The number of rotatable bonds is 8. The SMILES string of the molecule is C=CCc1cc(C(=O)NCc2cccc(C(N)=O)c2)cc(OC)c1OC. The molecular weight excluding hydrogens is 332 g/mol. The first kappa shape index (κ1) is 19.1. The number of hydrogen-bond acceptors (Lipinski definition) is 4. The Labute approximate surface area is 152 Å². The summed E-state index contributed by atoms with van der Waals surface area (Å²) in [7, 11) is 3.07. The predicted molar refractivity (Wildman–Crippen MR) is 99.6 cm³/mol. The number of nitrogens with two attached hydrogens (primary N) is 1. The summed E-state index contributed by atoms with van der Waals surface area (Å²) in [5.41, 5.74) is 7.71. The Kier molecular flexibility index (Phi) is 6.38. The summed E-state index contributed by atoms with van der Waals surface area (Å²) in [6, 6.07) is 10.2. The van der Waals surface area contributed by atoms with Gasteiger partial charge in [-0.05, 0) is 36.2 Å². The van der Waals surface area contributed by atoms with E-state index in [9.17, 15) is 9.59 Å². The number of nitrogens with one attached hydrogen (secondary N) is 1. The smallest absolute Gasteiger partial charge is 0.251 e. The van der Waals surface area contributed by atoms with E-state index in [1.165, 1.54) is 7.11 Å². The lowest BCUT2D eigenvalue weighted by molar-refractivity contribution is 0.0949. The Hall–Kier alpha value is -3.28. The van der Waals surface area contributed by atoms with Crippen molar-refractivity contribution >= 4 is 11.8 Å². The lowest BCUT2D eigenvalue weighted by atomic mass is 10.0.